The van der Waals surface area contributed by atoms with Gasteiger partial charge in [-0.25, -0.2) is 14.4 Å². The quantitative estimate of drug-likeness (QED) is 0.125. The van der Waals surface area contributed by atoms with Crippen LogP contribution in [-0.2, 0) is 34.9 Å². The number of rotatable bonds is 16. The van der Waals surface area contributed by atoms with Crippen LogP contribution in [0.3, 0.4) is 0 Å². The van der Waals surface area contributed by atoms with Crippen LogP contribution in [0.5, 0.6) is 11.5 Å². The minimum atomic E-state index is -1.10. The molecule has 0 unspecified atom stereocenters. The molecule has 0 saturated carbocycles. The highest BCUT2D eigenvalue weighted by Crippen LogP contribution is 2.30. The highest BCUT2D eigenvalue weighted by molar-refractivity contribution is 5.76. The van der Waals surface area contributed by atoms with Gasteiger partial charge in [0.1, 0.15) is 18.2 Å². The smallest absolute Gasteiger partial charge is 0.458 e. The van der Waals surface area contributed by atoms with Crippen molar-refractivity contribution in [3.63, 3.8) is 0 Å². The molecule has 0 aromatic heterocycles. The fourth-order valence-corrected chi connectivity index (χ4v) is 3.10. The molecule has 0 spiro atoms. The molecule has 3 atom stereocenters. The van der Waals surface area contributed by atoms with Crippen molar-refractivity contribution in [2.45, 2.75) is 90.9 Å². The molecule has 1 aromatic carbocycles. The van der Waals surface area contributed by atoms with Gasteiger partial charge < -0.3 is 38.9 Å². The number of unbranched alkanes of at least 4 members (excludes halogenated alkanes) is 4. The van der Waals surface area contributed by atoms with E-state index >= 15 is 0 Å². The number of nitrogens with two attached hydrogens (primary N) is 1. The molecule has 0 aliphatic heterocycles. The van der Waals surface area contributed by atoms with Gasteiger partial charge >= 0.3 is 24.4 Å². The highest BCUT2D eigenvalue weighted by atomic mass is 16.7. The number of ether oxygens (including phenoxy) is 7. The lowest BCUT2D eigenvalue weighted by molar-refractivity contribution is -0.155. The van der Waals surface area contributed by atoms with Gasteiger partial charge in [-0.15, -0.1) is 0 Å². The Morgan fingerprint density at radius 1 is 0.769 bits per heavy atom. The normalized spacial score (nSPS) is 12.9. The van der Waals surface area contributed by atoms with E-state index in [0.29, 0.717) is 18.4 Å². The van der Waals surface area contributed by atoms with Crippen molar-refractivity contribution in [2.75, 3.05) is 20.3 Å². The van der Waals surface area contributed by atoms with Crippen molar-refractivity contribution >= 4 is 24.4 Å². The van der Waals surface area contributed by atoms with E-state index in [1.165, 1.54) is 19.2 Å². The van der Waals surface area contributed by atoms with Crippen molar-refractivity contribution in [1.82, 2.24) is 0 Å². The zero-order valence-corrected chi connectivity index (χ0v) is 23.4. The van der Waals surface area contributed by atoms with Crippen LogP contribution in [0.1, 0.15) is 71.8 Å². The molecule has 12 nitrogen and oxygen atoms in total. The summed E-state index contributed by atoms with van der Waals surface area (Å²) in [5.41, 5.74) is 6.51. The molecule has 0 radical (unpaired) electrons. The van der Waals surface area contributed by atoms with Gasteiger partial charge in [-0.05, 0) is 50.8 Å². The van der Waals surface area contributed by atoms with Gasteiger partial charge in [0.15, 0.2) is 11.5 Å². The third kappa shape index (κ3) is 13.7. The number of hydrogen-bond acceptors (Lipinski definition) is 12. The topological polar surface area (TPSA) is 159 Å². The van der Waals surface area contributed by atoms with Crippen molar-refractivity contribution < 1.29 is 52.3 Å². The molecule has 1 aromatic rings. The Hall–Kier alpha value is -3.54. The van der Waals surface area contributed by atoms with Gasteiger partial charge in [0.05, 0.1) is 20.3 Å². The second kappa shape index (κ2) is 18.7. The summed E-state index contributed by atoms with van der Waals surface area (Å²) in [5.74, 6) is -0.910. The summed E-state index contributed by atoms with van der Waals surface area (Å²) in [6.45, 7) is 7.50. The van der Waals surface area contributed by atoms with E-state index in [1.54, 1.807) is 19.9 Å². The fourth-order valence-electron chi connectivity index (χ4n) is 3.10. The number of esters is 1. The predicted octanol–water partition coefficient (Wildman–Crippen LogP) is 5.07. The Kier molecular flexibility index (Phi) is 16.0. The van der Waals surface area contributed by atoms with E-state index in [-0.39, 0.29) is 31.1 Å². The zero-order valence-electron chi connectivity index (χ0n) is 23.4. The van der Waals surface area contributed by atoms with Crippen LogP contribution in [0.15, 0.2) is 18.2 Å². The number of benzene rings is 1. The summed E-state index contributed by atoms with van der Waals surface area (Å²) >= 11 is 0. The number of carbonyl (C=O) groups is 4. The molecule has 12 heteroatoms. The third-order valence-electron chi connectivity index (χ3n) is 5.50. The Balaban J connectivity index is 2.90. The Morgan fingerprint density at radius 3 is 1.85 bits per heavy atom. The van der Waals surface area contributed by atoms with Crippen LogP contribution in [-0.4, -0.2) is 63.0 Å². The first-order valence-corrected chi connectivity index (χ1v) is 13.1. The lowest BCUT2D eigenvalue weighted by atomic mass is 10.1. The number of methoxy groups -OCH3 is 1. The van der Waals surface area contributed by atoms with Crippen LogP contribution in [0.2, 0.25) is 0 Å². The van der Waals surface area contributed by atoms with Gasteiger partial charge in [0.2, 0.25) is 0 Å². The lowest BCUT2D eigenvalue weighted by Crippen LogP contribution is -2.39. The fraction of sp³-hybridized carbons (Fsp3) is 0.630. The van der Waals surface area contributed by atoms with Crippen molar-refractivity contribution in [3.05, 3.63) is 23.8 Å². The minimum absolute atomic E-state index is 0.00143. The third-order valence-corrected chi connectivity index (χ3v) is 5.50. The Morgan fingerprint density at radius 2 is 1.31 bits per heavy atom. The first-order valence-electron chi connectivity index (χ1n) is 13.1. The first-order chi connectivity index (χ1) is 18.6. The molecular formula is C27H41NO11. The lowest BCUT2D eigenvalue weighted by Gasteiger charge is -2.22. The molecule has 220 valence electrons. The second-order valence-corrected chi connectivity index (χ2v) is 8.83. The van der Waals surface area contributed by atoms with Crippen molar-refractivity contribution in [2.24, 2.45) is 5.73 Å². The van der Waals surface area contributed by atoms with Crippen molar-refractivity contribution in [3.8, 4) is 11.5 Å². The molecule has 0 bridgehead atoms. The molecule has 0 aliphatic carbocycles. The molecule has 0 amide bonds. The summed E-state index contributed by atoms with van der Waals surface area (Å²) in [6.07, 6.45) is 0.706. The average Bonchev–Trinajstić information content (AvgIpc) is 2.90. The van der Waals surface area contributed by atoms with Crippen LogP contribution in [0.4, 0.5) is 14.4 Å². The summed E-state index contributed by atoms with van der Waals surface area (Å²) in [4.78, 5) is 48.1. The van der Waals surface area contributed by atoms with E-state index < -0.39 is 42.7 Å². The van der Waals surface area contributed by atoms with E-state index in [2.05, 4.69) is 4.74 Å². The molecule has 39 heavy (non-hydrogen) atoms. The Labute approximate surface area is 229 Å². The van der Waals surface area contributed by atoms with Crippen molar-refractivity contribution in [1.29, 1.82) is 0 Å². The first kappa shape index (κ1) is 33.5. The summed E-state index contributed by atoms with van der Waals surface area (Å²) < 4.78 is 35.3. The zero-order chi connectivity index (χ0) is 29.2. The maximum absolute atomic E-state index is 12.5. The van der Waals surface area contributed by atoms with E-state index in [1.807, 2.05) is 13.8 Å². The largest absolute Gasteiger partial charge is 0.513 e. The summed E-state index contributed by atoms with van der Waals surface area (Å²) in [7, 11) is 1.17. The molecule has 0 heterocycles. The van der Waals surface area contributed by atoms with E-state index in [4.69, 9.17) is 34.2 Å². The van der Waals surface area contributed by atoms with Gasteiger partial charge in [-0.2, -0.15) is 0 Å². The average molecular weight is 556 g/mol. The van der Waals surface area contributed by atoms with E-state index in [9.17, 15) is 19.2 Å². The summed E-state index contributed by atoms with van der Waals surface area (Å²) in [6, 6.07) is 3.27. The van der Waals surface area contributed by atoms with Crippen LogP contribution >= 0.6 is 0 Å². The monoisotopic (exact) mass is 555 g/mol. The molecule has 0 saturated heterocycles. The van der Waals surface area contributed by atoms with Crippen LogP contribution < -0.4 is 15.2 Å². The predicted molar refractivity (Wildman–Crippen MR) is 140 cm³/mol. The van der Waals surface area contributed by atoms with E-state index in [0.717, 1.165) is 25.7 Å². The maximum atomic E-state index is 12.5. The van der Waals surface area contributed by atoms with Gasteiger partial charge in [0.25, 0.3) is 0 Å². The maximum Gasteiger partial charge on any atom is 0.513 e. The van der Waals surface area contributed by atoms with Gasteiger partial charge in [-0.3, -0.25) is 4.79 Å². The SMILES string of the molecule is CCCCCOC(=O)Oc1ccc(C[C@H](N)C(=O)O[C@@H](C)[C@H](C)OC(=O)OC)cc1OC(=O)OCCCCC. The minimum Gasteiger partial charge on any atom is -0.458 e. The van der Waals surface area contributed by atoms with Gasteiger partial charge in [-0.1, -0.05) is 45.6 Å². The molecule has 0 aliphatic rings. The second-order valence-electron chi connectivity index (χ2n) is 8.83. The molecular weight excluding hydrogens is 514 g/mol. The van der Waals surface area contributed by atoms with Gasteiger partial charge in [0, 0.05) is 0 Å². The molecule has 2 N–H and O–H groups in total. The Bertz CT molecular complexity index is 921. The molecule has 1 rings (SSSR count). The van der Waals surface area contributed by atoms with Crippen LogP contribution in [0, 0.1) is 0 Å². The molecule has 0 fully saturated rings. The summed E-state index contributed by atoms with van der Waals surface area (Å²) in [5, 5.41) is 0. The highest BCUT2D eigenvalue weighted by Gasteiger charge is 2.25. The number of carbonyl (C=O) groups excluding carboxylic acids is 4. The standard InChI is InChI=1S/C27H41NO11/c1-6-8-10-14-34-26(31)38-22-13-12-20(17-23(22)39-27(32)35-15-11-9-7-2)16-21(28)24(29)36-18(3)19(4)37-25(30)33-5/h12-13,17-19,21H,6-11,14-16,28H2,1-5H3/t18-,19-,21-/m0/s1. The number of hydrogen-bond donors (Lipinski definition) is 1. The van der Waals surface area contributed by atoms with Crippen LogP contribution in [0.25, 0.3) is 0 Å².